The summed E-state index contributed by atoms with van der Waals surface area (Å²) >= 11 is 0. The van der Waals surface area contributed by atoms with Crippen molar-refractivity contribution < 1.29 is 14.0 Å². The fourth-order valence-electron chi connectivity index (χ4n) is 2.40. The number of piperidine rings is 1. The van der Waals surface area contributed by atoms with Crippen LogP contribution in [0.3, 0.4) is 0 Å². The predicted molar refractivity (Wildman–Crippen MR) is 78.2 cm³/mol. The standard InChI is InChI=1S/C15H20FN3O2/c1-10(15(21)19-7-3-2-4-8-19)18-14(20)11-5-6-13(17)12(16)9-11/h5-6,9-10H,2-4,7-8,17H2,1H3,(H,18,20). The van der Waals surface area contributed by atoms with Crippen LogP contribution in [0.25, 0.3) is 0 Å². The van der Waals surface area contributed by atoms with Gasteiger partial charge in [-0.15, -0.1) is 0 Å². The van der Waals surface area contributed by atoms with E-state index in [1.54, 1.807) is 11.8 Å². The zero-order valence-electron chi connectivity index (χ0n) is 12.1. The molecule has 1 heterocycles. The third-order valence-electron chi connectivity index (χ3n) is 3.65. The molecule has 1 unspecified atom stereocenters. The summed E-state index contributed by atoms with van der Waals surface area (Å²) < 4.78 is 13.3. The summed E-state index contributed by atoms with van der Waals surface area (Å²) in [5.41, 5.74) is 5.51. The van der Waals surface area contributed by atoms with Gasteiger partial charge < -0.3 is 16.0 Å². The Balaban J connectivity index is 1.97. The molecule has 0 bridgehead atoms. The Morgan fingerprint density at radius 3 is 2.57 bits per heavy atom. The zero-order valence-corrected chi connectivity index (χ0v) is 12.1. The monoisotopic (exact) mass is 293 g/mol. The number of carbonyl (C=O) groups is 2. The van der Waals surface area contributed by atoms with Crippen molar-refractivity contribution in [1.29, 1.82) is 0 Å². The minimum absolute atomic E-state index is 0.0102. The fraction of sp³-hybridized carbons (Fsp3) is 0.467. The molecule has 0 spiro atoms. The van der Waals surface area contributed by atoms with E-state index < -0.39 is 17.8 Å². The van der Waals surface area contributed by atoms with E-state index in [-0.39, 0.29) is 17.2 Å². The van der Waals surface area contributed by atoms with Crippen molar-refractivity contribution in [3.05, 3.63) is 29.6 Å². The number of rotatable bonds is 3. The van der Waals surface area contributed by atoms with Crippen molar-refractivity contribution in [1.82, 2.24) is 10.2 Å². The van der Waals surface area contributed by atoms with Crippen molar-refractivity contribution in [3.8, 4) is 0 Å². The molecule has 1 aliphatic rings. The van der Waals surface area contributed by atoms with Gasteiger partial charge in [0.2, 0.25) is 5.91 Å². The number of nitrogens with zero attached hydrogens (tertiary/aromatic N) is 1. The second-order valence-electron chi connectivity index (χ2n) is 5.32. The molecule has 2 amide bonds. The van der Waals surface area contributed by atoms with E-state index in [0.29, 0.717) is 0 Å². The van der Waals surface area contributed by atoms with Crippen LogP contribution >= 0.6 is 0 Å². The smallest absolute Gasteiger partial charge is 0.252 e. The minimum Gasteiger partial charge on any atom is -0.396 e. The lowest BCUT2D eigenvalue weighted by atomic mass is 10.1. The molecule has 114 valence electrons. The van der Waals surface area contributed by atoms with Gasteiger partial charge in [0, 0.05) is 18.7 Å². The van der Waals surface area contributed by atoms with Gasteiger partial charge in [-0.1, -0.05) is 0 Å². The number of anilines is 1. The summed E-state index contributed by atoms with van der Waals surface area (Å²) in [5, 5.41) is 2.60. The van der Waals surface area contributed by atoms with Gasteiger partial charge in [0.05, 0.1) is 5.69 Å². The van der Waals surface area contributed by atoms with Crippen molar-refractivity contribution in [2.75, 3.05) is 18.8 Å². The lowest BCUT2D eigenvalue weighted by molar-refractivity contribution is -0.133. The predicted octanol–water partition coefficient (Wildman–Crippen LogP) is 1.54. The molecule has 5 nitrogen and oxygen atoms in total. The molecule has 0 radical (unpaired) electrons. The van der Waals surface area contributed by atoms with Gasteiger partial charge >= 0.3 is 0 Å². The van der Waals surface area contributed by atoms with Crippen LogP contribution in [0.15, 0.2) is 18.2 Å². The SMILES string of the molecule is CC(NC(=O)c1ccc(N)c(F)c1)C(=O)N1CCCCC1. The van der Waals surface area contributed by atoms with E-state index in [9.17, 15) is 14.0 Å². The van der Waals surface area contributed by atoms with Crippen LogP contribution in [0, 0.1) is 5.82 Å². The maximum Gasteiger partial charge on any atom is 0.252 e. The molecule has 1 aromatic carbocycles. The lowest BCUT2D eigenvalue weighted by Gasteiger charge is -2.29. The van der Waals surface area contributed by atoms with Crippen molar-refractivity contribution in [3.63, 3.8) is 0 Å². The zero-order chi connectivity index (χ0) is 15.4. The topological polar surface area (TPSA) is 75.4 Å². The Morgan fingerprint density at radius 1 is 1.29 bits per heavy atom. The van der Waals surface area contributed by atoms with E-state index in [4.69, 9.17) is 5.73 Å². The highest BCUT2D eigenvalue weighted by atomic mass is 19.1. The number of nitrogen functional groups attached to an aromatic ring is 1. The summed E-state index contributed by atoms with van der Waals surface area (Å²) in [6.45, 7) is 3.10. The molecule has 1 saturated heterocycles. The molecule has 1 fully saturated rings. The Bertz CT molecular complexity index is 542. The van der Waals surface area contributed by atoms with Gasteiger partial charge in [-0.2, -0.15) is 0 Å². The number of nitrogens with two attached hydrogens (primary N) is 1. The van der Waals surface area contributed by atoms with Crippen LogP contribution in [0.5, 0.6) is 0 Å². The number of nitrogens with one attached hydrogen (secondary N) is 1. The first-order valence-electron chi connectivity index (χ1n) is 7.13. The number of hydrogen-bond acceptors (Lipinski definition) is 3. The van der Waals surface area contributed by atoms with Crippen LogP contribution in [-0.4, -0.2) is 35.8 Å². The molecule has 2 rings (SSSR count). The summed E-state index contributed by atoms with van der Waals surface area (Å²) in [5.74, 6) is -1.22. The average Bonchev–Trinajstić information content (AvgIpc) is 2.50. The Kier molecular flexibility index (Phi) is 4.77. The molecule has 21 heavy (non-hydrogen) atoms. The molecule has 1 aliphatic heterocycles. The average molecular weight is 293 g/mol. The van der Waals surface area contributed by atoms with Crippen LogP contribution < -0.4 is 11.1 Å². The molecule has 1 aromatic rings. The molecule has 3 N–H and O–H groups in total. The first-order chi connectivity index (χ1) is 9.99. The van der Waals surface area contributed by atoms with Crippen LogP contribution in [0.1, 0.15) is 36.5 Å². The van der Waals surface area contributed by atoms with Crippen molar-refractivity contribution in [2.45, 2.75) is 32.2 Å². The number of amides is 2. The lowest BCUT2D eigenvalue weighted by Crippen LogP contribution is -2.48. The molecular weight excluding hydrogens is 273 g/mol. The van der Waals surface area contributed by atoms with E-state index in [2.05, 4.69) is 5.32 Å². The molecule has 0 saturated carbocycles. The largest absolute Gasteiger partial charge is 0.396 e. The number of halogens is 1. The highest BCUT2D eigenvalue weighted by Gasteiger charge is 2.23. The van der Waals surface area contributed by atoms with E-state index in [0.717, 1.165) is 38.4 Å². The molecular formula is C15H20FN3O2. The number of likely N-dealkylation sites (tertiary alicyclic amines) is 1. The minimum atomic E-state index is -0.641. The number of benzene rings is 1. The summed E-state index contributed by atoms with van der Waals surface area (Å²) in [6, 6.07) is 3.21. The van der Waals surface area contributed by atoms with Crippen LogP contribution in [-0.2, 0) is 4.79 Å². The summed E-state index contributed by atoms with van der Waals surface area (Å²) in [4.78, 5) is 26.0. The van der Waals surface area contributed by atoms with Gasteiger partial charge in [0.25, 0.3) is 5.91 Å². The quantitative estimate of drug-likeness (QED) is 0.830. The first kappa shape index (κ1) is 15.3. The second kappa shape index (κ2) is 6.56. The van der Waals surface area contributed by atoms with E-state index in [1.807, 2.05) is 0 Å². The van der Waals surface area contributed by atoms with E-state index in [1.165, 1.54) is 12.1 Å². The van der Waals surface area contributed by atoms with Crippen molar-refractivity contribution in [2.24, 2.45) is 0 Å². The van der Waals surface area contributed by atoms with Gasteiger partial charge in [-0.05, 0) is 44.4 Å². The van der Waals surface area contributed by atoms with Gasteiger partial charge in [-0.3, -0.25) is 9.59 Å². The molecule has 6 heteroatoms. The maximum atomic E-state index is 13.3. The van der Waals surface area contributed by atoms with Crippen LogP contribution in [0.2, 0.25) is 0 Å². The third-order valence-corrected chi connectivity index (χ3v) is 3.65. The Morgan fingerprint density at radius 2 is 1.95 bits per heavy atom. The van der Waals surface area contributed by atoms with E-state index >= 15 is 0 Å². The highest BCUT2D eigenvalue weighted by Crippen LogP contribution is 2.13. The highest BCUT2D eigenvalue weighted by molar-refractivity contribution is 5.97. The molecule has 1 atom stereocenters. The molecule has 0 aliphatic carbocycles. The van der Waals surface area contributed by atoms with Gasteiger partial charge in [0.1, 0.15) is 11.9 Å². The Labute approximate surface area is 123 Å². The second-order valence-corrected chi connectivity index (χ2v) is 5.32. The fourth-order valence-corrected chi connectivity index (χ4v) is 2.40. The first-order valence-corrected chi connectivity index (χ1v) is 7.13. The summed E-state index contributed by atoms with van der Waals surface area (Å²) in [7, 11) is 0. The third kappa shape index (κ3) is 3.71. The Hall–Kier alpha value is -2.11. The van der Waals surface area contributed by atoms with Crippen molar-refractivity contribution >= 4 is 17.5 Å². The summed E-state index contributed by atoms with van der Waals surface area (Å²) in [6.07, 6.45) is 3.13. The van der Waals surface area contributed by atoms with Crippen LogP contribution in [0.4, 0.5) is 10.1 Å². The number of carbonyl (C=O) groups excluding carboxylic acids is 2. The van der Waals surface area contributed by atoms with Gasteiger partial charge in [0.15, 0.2) is 0 Å². The molecule has 0 aromatic heterocycles. The maximum absolute atomic E-state index is 13.3. The number of hydrogen-bond donors (Lipinski definition) is 2. The van der Waals surface area contributed by atoms with Gasteiger partial charge in [-0.25, -0.2) is 4.39 Å². The normalized spacial score (nSPS) is 16.4.